The fourth-order valence-electron chi connectivity index (χ4n) is 3.99. The first-order valence-electron chi connectivity index (χ1n) is 11.5. The van der Waals surface area contributed by atoms with Crippen LogP contribution >= 0.6 is 11.8 Å². The van der Waals surface area contributed by atoms with Crippen molar-refractivity contribution in [2.45, 2.75) is 34.9 Å². The summed E-state index contributed by atoms with van der Waals surface area (Å²) in [5.41, 5.74) is 5.36. The molecule has 0 spiro atoms. The van der Waals surface area contributed by atoms with Crippen molar-refractivity contribution in [2.75, 3.05) is 0 Å². The molecule has 0 aliphatic carbocycles. The van der Waals surface area contributed by atoms with Crippen LogP contribution in [-0.4, -0.2) is 52.0 Å². The average Bonchev–Trinajstić information content (AvgIpc) is 2.91. The van der Waals surface area contributed by atoms with Gasteiger partial charge >= 0.3 is 16.4 Å². The van der Waals surface area contributed by atoms with E-state index in [2.05, 4.69) is 5.32 Å². The number of nitrogens with zero attached hydrogens (tertiary/aromatic N) is 1. The molecule has 0 unspecified atom stereocenters. The molecule has 0 aromatic heterocycles. The van der Waals surface area contributed by atoms with Gasteiger partial charge in [-0.15, -0.1) is 0 Å². The molecule has 0 saturated carbocycles. The molecule has 4 rings (SSSR count). The smallest absolute Gasteiger partial charge is 0.408 e. The molecule has 198 valence electrons. The molecule has 2 amide bonds. The Labute approximate surface area is 224 Å². The standard InChI is InChI=1S/C26H25N3O7S2/c27-26(23(31)29(38(33,34)35)24(26)37-20-14-8-3-9-15-20)22(30)21(16-18-10-4-1-5-11-18)28-25(32)36-17-19-12-6-2-7-13-19/h1-15,21,24H,16-17,27H2,(H,28,32)(H,33,34,35)/t21-,24-,26+/m0/s1. The SMILES string of the molecule is N[C@]1(C(=O)[C@H](Cc2ccccc2)NC(=O)OCc2ccccc2)C(=O)N(S(=O)(=O)O)[C@H]1Sc1ccccc1. The molecule has 10 nitrogen and oxygen atoms in total. The number of thioether (sulfide) groups is 1. The Kier molecular flexibility index (Phi) is 8.17. The van der Waals surface area contributed by atoms with Crippen LogP contribution in [0.2, 0.25) is 0 Å². The number of carbonyl (C=O) groups is 3. The molecule has 3 aromatic rings. The molecule has 3 aromatic carbocycles. The lowest BCUT2D eigenvalue weighted by Crippen LogP contribution is -2.83. The van der Waals surface area contributed by atoms with E-state index in [1.165, 1.54) is 0 Å². The number of alkyl carbamates (subject to hydrolysis) is 1. The first-order valence-corrected chi connectivity index (χ1v) is 13.8. The highest BCUT2D eigenvalue weighted by Gasteiger charge is 2.68. The summed E-state index contributed by atoms with van der Waals surface area (Å²) in [7, 11) is -5.02. The van der Waals surface area contributed by atoms with Crippen LogP contribution in [0.1, 0.15) is 11.1 Å². The first kappa shape index (κ1) is 27.3. The number of benzene rings is 3. The minimum atomic E-state index is -5.02. The first-order chi connectivity index (χ1) is 18.1. The molecule has 1 aliphatic rings. The lowest BCUT2D eigenvalue weighted by Gasteiger charge is -2.50. The van der Waals surface area contributed by atoms with E-state index in [1.807, 2.05) is 6.07 Å². The third-order valence-corrected chi connectivity index (χ3v) is 8.27. The van der Waals surface area contributed by atoms with E-state index in [1.54, 1.807) is 84.9 Å². The van der Waals surface area contributed by atoms with Gasteiger partial charge in [0.2, 0.25) is 0 Å². The molecule has 38 heavy (non-hydrogen) atoms. The van der Waals surface area contributed by atoms with Gasteiger partial charge in [0, 0.05) is 4.90 Å². The second-order valence-electron chi connectivity index (χ2n) is 8.54. The van der Waals surface area contributed by atoms with Crippen molar-refractivity contribution >= 4 is 39.8 Å². The van der Waals surface area contributed by atoms with Crippen LogP contribution in [0.15, 0.2) is 95.9 Å². The van der Waals surface area contributed by atoms with E-state index in [9.17, 15) is 27.4 Å². The Morgan fingerprint density at radius 3 is 2.05 bits per heavy atom. The Morgan fingerprint density at radius 1 is 0.974 bits per heavy atom. The number of Topliss-reactive ketones (excluding diaryl/α,β-unsaturated/α-hetero) is 1. The highest BCUT2D eigenvalue weighted by atomic mass is 32.2. The largest absolute Gasteiger partial charge is 0.445 e. The molecule has 12 heteroatoms. The van der Waals surface area contributed by atoms with Crippen LogP contribution in [0, 0.1) is 0 Å². The topological polar surface area (TPSA) is 156 Å². The van der Waals surface area contributed by atoms with Gasteiger partial charge in [0.15, 0.2) is 11.3 Å². The van der Waals surface area contributed by atoms with Gasteiger partial charge in [0.1, 0.15) is 12.0 Å². The zero-order valence-electron chi connectivity index (χ0n) is 20.0. The molecular formula is C26H25N3O7S2. The maximum Gasteiger partial charge on any atom is 0.408 e. The molecule has 0 radical (unpaired) electrons. The fourth-order valence-corrected chi connectivity index (χ4v) is 6.38. The van der Waals surface area contributed by atoms with Crippen LogP contribution in [-0.2, 0) is 37.7 Å². The molecule has 1 fully saturated rings. The van der Waals surface area contributed by atoms with Crippen molar-refractivity contribution < 1.29 is 32.1 Å². The Balaban J connectivity index is 1.61. The lowest BCUT2D eigenvalue weighted by molar-refractivity contribution is -0.152. The van der Waals surface area contributed by atoms with Gasteiger partial charge in [-0.1, -0.05) is 90.6 Å². The van der Waals surface area contributed by atoms with Crippen LogP contribution in [0.3, 0.4) is 0 Å². The Morgan fingerprint density at radius 2 is 1.50 bits per heavy atom. The third kappa shape index (κ3) is 5.89. The summed E-state index contributed by atoms with van der Waals surface area (Å²) in [5, 5.41) is 1.000. The fraction of sp³-hybridized carbons (Fsp3) is 0.192. The van der Waals surface area contributed by atoms with Gasteiger partial charge in [0.05, 0.1) is 6.04 Å². The summed E-state index contributed by atoms with van der Waals surface area (Å²) in [5.74, 6) is -2.22. The number of rotatable bonds is 10. The molecule has 1 heterocycles. The predicted molar refractivity (Wildman–Crippen MR) is 140 cm³/mol. The van der Waals surface area contributed by atoms with Crippen LogP contribution in [0.25, 0.3) is 0 Å². The summed E-state index contributed by atoms with van der Waals surface area (Å²) >= 11 is 0.831. The second-order valence-corrected chi connectivity index (χ2v) is 11.0. The highest BCUT2D eigenvalue weighted by Crippen LogP contribution is 2.43. The van der Waals surface area contributed by atoms with E-state index in [0.29, 0.717) is 10.5 Å². The zero-order valence-corrected chi connectivity index (χ0v) is 21.6. The maximum atomic E-state index is 13.8. The van der Waals surface area contributed by atoms with Crippen molar-refractivity contribution in [3.8, 4) is 0 Å². The average molecular weight is 556 g/mol. The number of carbonyl (C=O) groups excluding carboxylic acids is 3. The number of nitrogens with two attached hydrogens (primary N) is 1. The van der Waals surface area contributed by atoms with Crippen LogP contribution in [0.5, 0.6) is 0 Å². The van der Waals surface area contributed by atoms with Gasteiger partial charge in [-0.2, -0.15) is 12.7 Å². The quantitative estimate of drug-likeness (QED) is 0.194. The summed E-state index contributed by atoms with van der Waals surface area (Å²) in [6.07, 6.45) is -0.960. The van der Waals surface area contributed by atoms with Gasteiger partial charge in [-0.25, -0.2) is 4.79 Å². The minimum Gasteiger partial charge on any atom is -0.445 e. The normalized spacial score (nSPS) is 19.8. The molecule has 3 atom stereocenters. The zero-order chi connectivity index (χ0) is 27.3. The van der Waals surface area contributed by atoms with E-state index in [-0.39, 0.29) is 17.3 Å². The van der Waals surface area contributed by atoms with E-state index in [0.717, 1.165) is 17.3 Å². The highest BCUT2D eigenvalue weighted by molar-refractivity contribution is 8.01. The molecular weight excluding hydrogens is 530 g/mol. The van der Waals surface area contributed by atoms with Gasteiger partial charge < -0.3 is 15.8 Å². The second kappa shape index (κ2) is 11.4. The van der Waals surface area contributed by atoms with Crippen LogP contribution < -0.4 is 11.1 Å². The summed E-state index contributed by atoms with van der Waals surface area (Å²) in [6.45, 7) is -0.0609. The number of hydrogen-bond donors (Lipinski definition) is 3. The number of ketones is 1. The van der Waals surface area contributed by atoms with Crippen molar-refractivity contribution in [1.29, 1.82) is 0 Å². The lowest BCUT2D eigenvalue weighted by atomic mass is 9.81. The van der Waals surface area contributed by atoms with E-state index >= 15 is 0 Å². The molecule has 1 aliphatic heterocycles. The number of ether oxygens (including phenoxy) is 1. The Hall–Kier alpha value is -3.71. The molecule has 0 bridgehead atoms. The summed E-state index contributed by atoms with van der Waals surface area (Å²) < 4.78 is 39.1. The summed E-state index contributed by atoms with van der Waals surface area (Å²) in [6, 6.07) is 24.7. The van der Waals surface area contributed by atoms with Crippen molar-refractivity contribution in [3.63, 3.8) is 0 Å². The maximum absolute atomic E-state index is 13.8. The van der Waals surface area contributed by atoms with E-state index < -0.39 is 45.0 Å². The number of hydrogen-bond acceptors (Lipinski definition) is 8. The Bertz CT molecular complexity index is 1410. The third-order valence-electron chi connectivity index (χ3n) is 5.91. The van der Waals surface area contributed by atoms with Gasteiger partial charge in [-0.3, -0.25) is 14.1 Å². The van der Waals surface area contributed by atoms with Crippen LogP contribution in [0.4, 0.5) is 4.79 Å². The van der Waals surface area contributed by atoms with Crippen molar-refractivity contribution in [3.05, 3.63) is 102 Å². The van der Waals surface area contributed by atoms with E-state index in [4.69, 9.17) is 10.5 Å². The summed E-state index contributed by atoms with van der Waals surface area (Å²) in [4.78, 5) is 40.0. The number of amides is 2. The van der Waals surface area contributed by atoms with Gasteiger partial charge in [-0.05, 0) is 29.7 Å². The van der Waals surface area contributed by atoms with Gasteiger partial charge in [0.25, 0.3) is 5.91 Å². The minimum absolute atomic E-state index is 0.0407. The predicted octanol–water partition coefficient (Wildman–Crippen LogP) is 2.55. The monoisotopic (exact) mass is 555 g/mol. The number of β-lactam (4-membered cyclic amide) rings is 1. The van der Waals surface area contributed by atoms with Crippen molar-refractivity contribution in [2.24, 2.45) is 5.73 Å². The van der Waals surface area contributed by atoms with Crippen molar-refractivity contribution in [1.82, 2.24) is 9.62 Å². The molecule has 4 N–H and O–H groups in total. The number of nitrogens with one attached hydrogen (secondary N) is 1. The molecule has 1 saturated heterocycles.